The number of amides is 1. The van der Waals surface area contributed by atoms with Crippen LogP contribution < -0.4 is 5.43 Å². The molecule has 0 heterocycles. The van der Waals surface area contributed by atoms with Crippen LogP contribution in [0.5, 0.6) is 5.75 Å². The highest BCUT2D eigenvalue weighted by molar-refractivity contribution is 5.85. The molecule has 0 saturated heterocycles. The SMILES string of the molecule is O=C(N/N=C\c1cccc(O)c1)[C@H]1C[C@H]1c1ccccc1. The standard InChI is InChI=1S/C17H16N2O2/c20-14-8-4-5-12(9-14)11-18-19-17(21)16-10-15(16)13-6-2-1-3-7-13/h1-9,11,15-16,20H,10H2,(H,19,21)/b18-11-/t15-,16-/m0/s1. The fraction of sp³-hybridized carbons (Fsp3) is 0.176. The number of hydrogen-bond donors (Lipinski definition) is 2. The maximum absolute atomic E-state index is 12.0. The Morgan fingerprint density at radius 1 is 1.19 bits per heavy atom. The van der Waals surface area contributed by atoms with Crippen molar-refractivity contribution in [2.45, 2.75) is 12.3 Å². The first-order valence-electron chi connectivity index (χ1n) is 6.91. The molecule has 1 saturated carbocycles. The third-order valence-electron chi connectivity index (χ3n) is 3.61. The highest BCUT2D eigenvalue weighted by Gasteiger charge is 2.43. The molecule has 106 valence electrons. The number of rotatable bonds is 4. The van der Waals surface area contributed by atoms with E-state index in [2.05, 4.69) is 10.5 Å². The lowest BCUT2D eigenvalue weighted by molar-refractivity contribution is -0.122. The van der Waals surface area contributed by atoms with Crippen LogP contribution in [-0.4, -0.2) is 17.2 Å². The van der Waals surface area contributed by atoms with Crippen LogP contribution >= 0.6 is 0 Å². The minimum Gasteiger partial charge on any atom is -0.508 e. The van der Waals surface area contributed by atoms with E-state index in [0.29, 0.717) is 5.92 Å². The summed E-state index contributed by atoms with van der Waals surface area (Å²) in [5.74, 6) is 0.438. The average molecular weight is 280 g/mol. The van der Waals surface area contributed by atoms with Crippen molar-refractivity contribution in [1.29, 1.82) is 0 Å². The Morgan fingerprint density at radius 3 is 2.76 bits per heavy atom. The molecule has 3 rings (SSSR count). The third kappa shape index (κ3) is 3.28. The van der Waals surface area contributed by atoms with Crippen molar-refractivity contribution in [3.05, 3.63) is 65.7 Å². The molecule has 2 aromatic rings. The highest BCUT2D eigenvalue weighted by Crippen LogP contribution is 2.47. The molecule has 1 aliphatic rings. The minimum atomic E-state index is -0.0553. The van der Waals surface area contributed by atoms with Gasteiger partial charge in [-0.1, -0.05) is 42.5 Å². The van der Waals surface area contributed by atoms with Crippen molar-refractivity contribution in [2.75, 3.05) is 0 Å². The van der Waals surface area contributed by atoms with Gasteiger partial charge in [0.2, 0.25) is 5.91 Å². The highest BCUT2D eigenvalue weighted by atomic mass is 16.3. The second-order valence-electron chi connectivity index (χ2n) is 5.19. The monoisotopic (exact) mass is 280 g/mol. The van der Waals surface area contributed by atoms with Gasteiger partial charge in [0.25, 0.3) is 0 Å². The first-order chi connectivity index (χ1) is 10.2. The lowest BCUT2D eigenvalue weighted by Crippen LogP contribution is -2.20. The van der Waals surface area contributed by atoms with Gasteiger partial charge in [-0.05, 0) is 35.6 Å². The molecule has 4 heteroatoms. The summed E-state index contributed by atoms with van der Waals surface area (Å²) in [5.41, 5.74) is 4.51. The van der Waals surface area contributed by atoms with E-state index in [1.165, 1.54) is 11.8 Å². The molecule has 2 aromatic carbocycles. The van der Waals surface area contributed by atoms with Crippen LogP contribution in [0.3, 0.4) is 0 Å². The zero-order valence-corrected chi connectivity index (χ0v) is 11.4. The summed E-state index contributed by atoms with van der Waals surface area (Å²) < 4.78 is 0. The third-order valence-corrected chi connectivity index (χ3v) is 3.61. The van der Waals surface area contributed by atoms with Crippen molar-refractivity contribution in [1.82, 2.24) is 5.43 Å². The lowest BCUT2D eigenvalue weighted by atomic mass is 10.1. The van der Waals surface area contributed by atoms with Gasteiger partial charge in [-0.15, -0.1) is 0 Å². The van der Waals surface area contributed by atoms with Gasteiger partial charge >= 0.3 is 0 Å². The Hall–Kier alpha value is -2.62. The normalized spacial score (nSPS) is 20.4. The van der Waals surface area contributed by atoms with E-state index in [0.717, 1.165) is 12.0 Å². The Kier molecular flexibility index (Phi) is 3.69. The van der Waals surface area contributed by atoms with Crippen LogP contribution in [0.2, 0.25) is 0 Å². The van der Waals surface area contributed by atoms with E-state index >= 15 is 0 Å². The van der Waals surface area contributed by atoms with Crippen LogP contribution in [0.25, 0.3) is 0 Å². The largest absolute Gasteiger partial charge is 0.508 e. The van der Waals surface area contributed by atoms with Crippen molar-refractivity contribution >= 4 is 12.1 Å². The van der Waals surface area contributed by atoms with Crippen molar-refractivity contribution < 1.29 is 9.90 Å². The van der Waals surface area contributed by atoms with Crippen LogP contribution in [0.4, 0.5) is 0 Å². The first kappa shape index (κ1) is 13.4. The van der Waals surface area contributed by atoms with Crippen LogP contribution in [0.15, 0.2) is 59.7 Å². The maximum Gasteiger partial charge on any atom is 0.243 e. The molecule has 0 unspecified atom stereocenters. The number of hydrogen-bond acceptors (Lipinski definition) is 3. The van der Waals surface area contributed by atoms with Gasteiger partial charge in [0.05, 0.1) is 6.21 Å². The number of phenols is 1. The molecule has 1 aliphatic carbocycles. The molecule has 4 nitrogen and oxygen atoms in total. The number of carbonyl (C=O) groups is 1. The summed E-state index contributed by atoms with van der Waals surface area (Å²) >= 11 is 0. The number of hydrazone groups is 1. The van der Waals surface area contributed by atoms with Gasteiger partial charge in [0.1, 0.15) is 5.75 Å². The van der Waals surface area contributed by atoms with E-state index in [1.54, 1.807) is 24.3 Å². The summed E-state index contributed by atoms with van der Waals surface area (Å²) in [6.45, 7) is 0. The Bertz CT molecular complexity index is 668. The van der Waals surface area contributed by atoms with Crippen molar-refractivity contribution in [3.63, 3.8) is 0 Å². The summed E-state index contributed by atoms with van der Waals surface area (Å²) in [6, 6.07) is 16.8. The summed E-state index contributed by atoms with van der Waals surface area (Å²) in [6.07, 6.45) is 2.40. The first-order valence-corrected chi connectivity index (χ1v) is 6.91. The van der Waals surface area contributed by atoms with E-state index in [1.807, 2.05) is 30.3 Å². The summed E-state index contributed by atoms with van der Waals surface area (Å²) in [7, 11) is 0. The molecule has 0 radical (unpaired) electrons. The van der Waals surface area contributed by atoms with Crippen molar-refractivity contribution in [2.24, 2.45) is 11.0 Å². The lowest BCUT2D eigenvalue weighted by Gasteiger charge is -2.00. The predicted octanol–water partition coefficient (Wildman–Crippen LogP) is 2.65. The molecule has 1 fully saturated rings. The topological polar surface area (TPSA) is 61.7 Å². The predicted molar refractivity (Wildman–Crippen MR) is 81.1 cm³/mol. The van der Waals surface area contributed by atoms with Crippen LogP contribution in [0.1, 0.15) is 23.5 Å². The second-order valence-corrected chi connectivity index (χ2v) is 5.19. The molecule has 21 heavy (non-hydrogen) atoms. The smallest absolute Gasteiger partial charge is 0.243 e. The quantitative estimate of drug-likeness (QED) is 0.668. The number of nitrogens with one attached hydrogen (secondary N) is 1. The van der Waals surface area contributed by atoms with Gasteiger partial charge in [0.15, 0.2) is 0 Å². The fourth-order valence-electron chi connectivity index (χ4n) is 2.41. The number of carbonyl (C=O) groups excluding carboxylic acids is 1. The number of benzene rings is 2. The Labute approximate surface area is 123 Å². The minimum absolute atomic E-state index is 0.00808. The van der Waals surface area contributed by atoms with E-state index < -0.39 is 0 Å². The summed E-state index contributed by atoms with van der Waals surface area (Å²) in [4.78, 5) is 12.0. The molecule has 0 aromatic heterocycles. The van der Waals surface area contributed by atoms with Gasteiger partial charge in [-0.2, -0.15) is 5.10 Å². The average Bonchev–Trinajstić information content (AvgIpc) is 3.29. The zero-order valence-electron chi connectivity index (χ0n) is 11.4. The molecule has 0 bridgehead atoms. The molecular weight excluding hydrogens is 264 g/mol. The van der Waals surface area contributed by atoms with Gasteiger partial charge in [-0.25, -0.2) is 5.43 Å². The molecular formula is C17H16N2O2. The van der Waals surface area contributed by atoms with Crippen LogP contribution in [-0.2, 0) is 4.79 Å². The Morgan fingerprint density at radius 2 is 2.00 bits per heavy atom. The van der Waals surface area contributed by atoms with Crippen molar-refractivity contribution in [3.8, 4) is 5.75 Å². The fourth-order valence-corrected chi connectivity index (χ4v) is 2.41. The maximum atomic E-state index is 12.0. The van der Waals surface area contributed by atoms with E-state index in [4.69, 9.17) is 0 Å². The number of phenolic OH excluding ortho intramolecular Hbond substituents is 1. The number of nitrogens with zero attached hydrogens (tertiary/aromatic N) is 1. The number of aromatic hydroxyl groups is 1. The van der Waals surface area contributed by atoms with Gasteiger partial charge in [0, 0.05) is 5.92 Å². The molecule has 2 atom stereocenters. The van der Waals surface area contributed by atoms with E-state index in [9.17, 15) is 9.90 Å². The van der Waals surface area contributed by atoms with E-state index in [-0.39, 0.29) is 17.6 Å². The van der Waals surface area contributed by atoms with Crippen LogP contribution in [0, 0.1) is 5.92 Å². The molecule has 0 aliphatic heterocycles. The van der Waals surface area contributed by atoms with Gasteiger partial charge < -0.3 is 5.11 Å². The zero-order chi connectivity index (χ0) is 14.7. The van der Waals surface area contributed by atoms with Gasteiger partial charge in [-0.3, -0.25) is 4.79 Å². The summed E-state index contributed by atoms with van der Waals surface area (Å²) in [5, 5.41) is 13.3. The molecule has 1 amide bonds. The molecule has 0 spiro atoms. The Balaban J connectivity index is 1.54. The molecule has 2 N–H and O–H groups in total. The second kappa shape index (κ2) is 5.79.